The molecule has 3 heterocycles. The number of benzene rings is 1. The lowest BCUT2D eigenvalue weighted by Crippen LogP contribution is -1.99. The van der Waals surface area contributed by atoms with E-state index in [9.17, 15) is 0 Å². The van der Waals surface area contributed by atoms with Crippen LogP contribution in [-0.4, -0.2) is 24.9 Å². The van der Waals surface area contributed by atoms with Gasteiger partial charge in [0.05, 0.1) is 17.5 Å². The molecule has 3 aromatic heterocycles. The molecule has 0 aliphatic heterocycles. The van der Waals surface area contributed by atoms with Gasteiger partial charge in [0, 0.05) is 5.39 Å². The van der Waals surface area contributed by atoms with Crippen molar-refractivity contribution in [2.24, 2.45) is 0 Å². The monoisotopic (exact) mass is 262 g/mol. The zero-order chi connectivity index (χ0) is 13.5. The van der Waals surface area contributed by atoms with Crippen molar-refractivity contribution in [3.63, 3.8) is 0 Å². The Bertz CT molecular complexity index is 927. The highest BCUT2D eigenvalue weighted by Gasteiger charge is 2.12. The van der Waals surface area contributed by atoms with E-state index in [0.717, 1.165) is 22.1 Å². The van der Waals surface area contributed by atoms with Gasteiger partial charge in [-0.05, 0) is 12.1 Å². The number of aromatic amines is 1. The summed E-state index contributed by atoms with van der Waals surface area (Å²) in [4.78, 5) is 20.1. The molecule has 3 N–H and O–H groups in total. The third kappa shape index (κ3) is 1.58. The van der Waals surface area contributed by atoms with E-state index in [0.29, 0.717) is 11.3 Å². The Hall–Kier alpha value is -3.02. The van der Waals surface area contributed by atoms with Crippen LogP contribution in [0.5, 0.6) is 0 Å². The van der Waals surface area contributed by atoms with E-state index in [2.05, 4.69) is 24.9 Å². The average Bonchev–Trinajstić information content (AvgIpc) is 2.94. The van der Waals surface area contributed by atoms with E-state index >= 15 is 0 Å². The Labute approximate surface area is 113 Å². The van der Waals surface area contributed by atoms with Crippen LogP contribution in [0.2, 0.25) is 0 Å². The number of imidazole rings is 1. The third-order valence-corrected chi connectivity index (χ3v) is 3.14. The summed E-state index contributed by atoms with van der Waals surface area (Å²) in [6.07, 6.45) is 1.57. The quantitative estimate of drug-likeness (QED) is 0.548. The Morgan fingerprint density at radius 2 is 1.85 bits per heavy atom. The molecule has 0 atom stereocenters. The van der Waals surface area contributed by atoms with Gasteiger partial charge in [-0.15, -0.1) is 0 Å². The molecular formula is C14H10N6. The molecule has 0 radical (unpaired) electrons. The van der Waals surface area contributed by atoms with Crippen molar-refractivity contribution in [3.8, 4) is 11.4 Å². The third-order valence-electron chi connectivity index (χ3n) is 3.14. The summed E-state index contributed by atoms with van der Waals surface area (Å²) in [6, 6.07) is 11.9. The van der Waals surface area contributed by atoms with Crippen molar-refractivity contribution >= 4 is 28.0 Å². The van der Waals surface area contributed by atoms with Crippen LogP contribution >= 0.6 is 0 Å². The van der Waals surface area contributed by atoms with E-state index in [1.165, 1.54) is 0 Å². The molecule has 0 aliphatic carbocycles. The molecule has 20 heavy (non-hydrogen) atoms. The summed E-state index contributed by atoms with van der Waals surface area (Å²) in [5.41, 5.74) is 9.33. The number of fused-ring (bicyclic) bond motifs is 2. The fourth-order valence-electron chi connectivity index (χ4n) is 2.23. The maximum atomic E-state index is 5.73. The molecule has 4 rings (SSSR count). The van der Waals surface area contributed by atoms with Crippen LogP contribution in [0.1, 0.15) is 0 Å². The van der Waals surface area contributed by atoms with E-state index in [-0.39, 0.29) is 5.95 Å². The molecule has 6 heteroatoms. The van der Waals surface area contributed by atoms with Crippen molar-refractivity contribution in [3.05, 3.63) is 42.7 Å². The van der Waals surface area contributed by atoms with Gasteiger partial charge < -0.3 is 10.7 Å². The van der Waals surface area contributed by atoms with E-state index in [1.807, 2.05) is 36.4 Å². The van der Waals surface area contributed by atoms with Gasteiger partial charge in [0.1, 0.15) is 11.2 Å². The summed E-state index contributed by atoms with van der Waals surface area (Å²) in [6.45, 7) is 0. The van der Waals surface area contributed by atoms with Crippen molar-refractivity contribution in [2.45, 2.75) is 0 Å². The number of H-pyrrole nitrogens is 1. The number of hydrogen-bond donors (Lipinski definition) is 2. The molecule has 0 unspecified atom stereocenters. The summed E-state index contributed by atoms with van der Waals surface area (Å²) in [5.74, 6) is 0.189. The number of pyridine rings is 1. The molecule has 0 saturated heterocycles. The van der Waals surface area contributed by atoms with Gasteiger partial charge >= 0.3 is 0 Å². The second-order valence-electron chi connectivity index (χ2n) is 4.42. The zero-order valence-electron chi connectivity index (χ0n) is 10.4. The summed E-state index contributed by atoms with van der Waals surface area (Å²) >= 11 is 0. The molecule has 0 fully saturated rings. The Morgan fingerprint density at radius 1 is 0.950 bits per heavy atom. The maximum Gasteiger partial charge on any atom is 0.222 e. The van der Waals surface area contributed by atoms with Gasteiger partial charge in [-0.3, -0.25) is 0 Å². The second kappa shape index (κ2) is 3.99. The van der Waals surface area contributed by atoms with Crippen LogP contribution in [0.15, 0.2) is 42.7 Å². The predicted octanol–water partition coefficient (Wildman–Crippen LogP) is 2.15. The van der Waals surface area contributed by atoms with Gasteiger partial charge in [0.15, 0.2) is 5.65 Å². The number of nitrogens with one attached hydrogen (secondary N) is 1. The van der Waals surface area contributed by atoms with Crippen molar-refractivity contribution in [2.75, 3.05) is 5.73 Å². The first kappa shape index (κ1) is 10.9. The molecule has 0 amide bonds. The number of nitrogens with zero attached hydrogens (tertiary/aromatic N) is 4. The average molecular weight is 262 g/mol. The first-order chi connectivity index (χ1) is 9.81. The first-order valence-electron chi connectivity index (χ1n) is 6.14. The molecule has 0 saturated carbocycles. The van der Waals surface area contributed by atoms with Crippen LogP contribution < -0.4 is 5.73 Å². The van der Waals surface area contributed by atoms with Crippen LogP contribution in [0.4, 0.5) is 5.95 Å². The fraction of sp³-hybridized carbons (Fsp3) is 0. The molecule has 4 aromatic rings. The highest BCUT2D eigenvalue weighted by atomic mass is 15.1. The van der Waals surface area contributed by atoms with Gasteiger partial charge in [-0.1, -0.05) is 24.3 Å². The van der Waals surface area contributed by atoms with Crippen molar-refractivity contribution < 1.29 is 0 Å². The highest BCUT2D eigenvalue weighted by Crippen LogP contribution is 2.24. The molecule has 0 spiro atoms. The number of hydrogen-bond acceptors (Lipinski definition) is 5. The summed E-state index contributed by atoms with van der Waals surface area (Å²) in [5, 5.41) is 1.08. The molecule has 1 aromatic carbocycles. The zero-order valence-corrected chi connectivity index (χ0v) is 10.4. The predicted molar refractivity (Wildman–Crippen MR) is 76.8 cm³/mol. The Balaban J connectivity index is 2.02. The number of nitrogen functional groups attached to an aromatic ring is 1. The standard InChI is InChI=1S/C14H10N6/c15-14-19-11(12-13(20-14)17-7-16-12)10-6-5-8-3-1-2-4-9(8)18-10/h1-7H,(H3,15,16,17,19,20). The summed E-state index contributed by atoms with van der Waals surface area (Å²) in [7, 11) is 0. The number of para-hydroxylation sites is 1. The van der Waals surface area contributed by atoms with E-state index in [4.69, 9.17) is 5.73 Å². The molecule has 6 nitrogen and oxygen atoms in total. The van der Waals surface area contributed by atoms with E-state index in [1.54, 1.807) is 6.33 Å². The van der Waals surface area contributed by atoms with Gasteiger partial charge in [-0.2, -0.15) is 4.98 Å². The lowest BCUT2D eigenvalue weighted by Gasteiger charge is -2.04. The van der Waals surface area contributed by atoms with Crippen molar-refractivity contribution in [1.29, 1.82) is 0 Å². The fourth-order valence-corrected chi connectivity index (χ4v) is 2.23. The van der Waals surface area contributed by atoms with Crippen LogP contribution in [0.3, 0.4) is 0 Å². The molecular weight excluding hydrogens is 252 g/mol. The van der Waals surface area contributed by atoms with E-state index < -0.39 is 0 Å². The van der Waals surface area contributed by atoms with Crippen LogP contribution in [0, 0.1) is 0 Å². The maximum absolute atomic E-state index is 5.73. The number of nitrogens with two attached hydrogens (primary N) is 1. The normalized spacial score (nSPS) is 11.2. The minimum absolute atomic E-state index is 0.189. The van der Waals surface area contributed by atoms with Gasteiger partial charge in [0.2, 0.25) is 5.95 Å². The lowest BCUT2D eigenvalue weighted by molar-refractivity contribution is 1.20. The van der Waals surface area contributed by atoms with Gasteiger partial charge in [0.25, 0.3) is 0 Å². The summed E-state index contributed by atoms with van der Waals surface area (Å²) < 4.78 is 0. The number of rotatable bonds is 1. The molecule has 0 bridgehead atoms. The number of aromatic nitrogens is 5. The minimum Gasteiger partial charge on any atom is -0.368 e. The minimum atomic E-state index is 0.189. The SMILES string of the molecule is Nc1nc(-c2ccc3ccccc3n2)c2[nH]cnc2n1. The Kier molecular flexibility index (Phi) is 2.17. The topological polar surface area (TPSA) is 93.4 Å². The highest BCUT2D eigenvalue weighted by molar-refractivity contribution is 5.89. The lowest BCUT2D eigenvalue weighted by atomic mass is 10.1. The molecule has 96 valence electrons. The number of anilines is 1. The second-order valence-corrected chi connectivity index (χ2v) is 4.42. The Morgan fingerprint density at radius 3 is 2.80 bits per heavy atom. The smallest absolute Gasteiger partial charge is 0.222 e. The largest absolute Gasteiger partial charge is 0.368 e. The van der Waals surface area contributed by atoms with Crippen molar-refractivity contribution in [1.82, 2.24) is 24.9 Å². The van der Waals surface area contributed by atoms with Crippen LogP contribution in [0.25, 0.3) is 33.5 Å². The first-order valence-corrected chi connectivity index (χ1v) is 6.14. The van der Waals surface area contributed by atoms with Crippen LogP contribution in [-0.2, 0) is 0 Å². The molecule has 0 aliphatic rings. The van der Waals surface area contributed by atoms with Gasteiger partial charge in [-0.25, -0.2) is 15.0 Å².